The highest BCUT2D eigenvalue weighted by atomic mass is 35.5. The molecule has 0 radical (unpaired) electrons. The Bertz CT molecular complexity index is 491. The van der Waals surface area contributed by atoms with Crippen LogP contribution in [0.5, 0.6) is 0 Å². The van der Waals surface area contributed by atoms with Gasteiger partial charge >= 0.3 is 0 Å². The molecule has 1 atom stereocenters. The average Bonchev–Trinajstić information content (AvgIpc) is 2.30. The van der Waals surface area contributed by atoms with Crippen molar-refractivity contribution in [2.75, 3.05) is 5.32 Å². The Labute approximate surface area is 116 Å². The molecule has 0 fully saturated rings. The number of halogens is 1. The topological polar surface area (TPSA) is 98.3 Å². The van der Waals surface area contributed by atoms with Crippen molar-refractivity contribution >= 4 is 28.9 Å². The Morgan fingerprint density at radius 3 is 2.68 bits per heavy atom. The highest BCUT2D eigenvalue weighted by Gasteiger charge is 2.20. The molecule has 1 amide bonds. The number of nitrogens with two attached hydrogens (primary N) is 1. The number of carbonyl (C=O) groups is 1. The van der Waals surface area contributed by atoms with Gasteiger partial charge in [0.1, 0.15) is 5.69 Å². The Hall–Kier alpha value is -1.66. The van der Waals surface area contributed by atoms with Gasteiger partial charge in [-0.15, -0.1) is 0 Å². The molecule has 0 aliphatic heterocycles. The Morgan fingerprint density at radius 2 is 2.16 bits per heavy atom. The third kappa shape index (κ3) is 4.50. The van der Waals surface area contributed by atoms with E-state index in [1.54, 1.807) is 0 Å². The largest absolute Gasteiger partial charge is 0.320 e. The van der Waals surface area contributed by atoms with E-state index in [1.165, 1.54) is 18.2 Å². The number of nitro groups is 1. The first-order valence-corrected chi connectivity index (χ1v) is 6.19. The van der Waals surface area contributed by atoms with E-state index in [0.717, 1.165) is 0 Å². The van der Waals surface area contributed by atoms with Gasteiger partial charge in [-0.2, -0.15) is 0 Å². The number of hydrogen-bond donors (Lipinski definition) is 2. The first-order valence-electron chi connectivity index (χ1n) is 5.81. The zero-order valence-corrected chi connectivity index (χ0v) is 11.5. The van der Waals surface area contributed by atoms with Crippen molar-refractivity contribution in [2.24, 2.45) is 11.7 Å². The van der Waals surface area contributed by atoms with Crippen molar-refractivity contribution in [3.63, 3.8) is 0 Å². The van der Waals surface area contributed by atoms with Crippen molar-refractivity contribution in [3.8, 4) is 0 Å². The lowest BCUT2D eigenvalue weighted by Crippen LogP contribution is -2.36. The van der Waals surface area contributed by atoms with Gasteiger partial charge in [-0.25, -0.2) is 0 Å². The maximum absolute atomic E-state index is 11.8. The highest BCUT2D eigenvalue weighted by Crippen LogP contribution is 2.27. The van der Waals surface area contributed by atoms with Crippen LogP contribution in [-0.4, -0.2) is 16.9 Å². The van der Waals surface area contributed by atoms with Crippen LogP contribution in [0.2, 0.25) is 5.02 Å². The number of anilines is 1. The van der Waals surface area contributed by atoms with Crippen molar-refractivity contribution in [1.82, 2.24) is 0 Å². The number of amides is 1. The Kier molecular flexibility index (Phi) is 5.26. The number of nitro benzene ring substituents is 1. The van der Waals surface area contributed by atoms with Gasteiger partial charge in [0.05, 0.1) is 11.0 Å². The predicted molar refractivity (Wildman–Crippen MR) is 74.2 cm³/mol. The van der Waals surface area contributed by atoms with Gasteiger partial charge in [0.15, 0.2) is 0 Å². The number of hydrogen-bond acceptors (Lipinski definition) is 4. The van der Waals surface area contributed by atoms with Crippen LogP contribution in [0.15, 0.2) is 18.2 Å². The molecule has 19 heavy (non-hydrogen) atoms. The number of nitrogens with one attached hydrogen (secondary N) is 1. The van der Waals surface area contributed by atoms with Crippen LogP contribution in [-0.2, 0) is 4.79 Å². The van der Waals surface area contributed by atoms with Crippen LogP contribution >= 0.6 is 11.6 Å². The summed E-state index contributed by atoms with van der Waals surface area (Å²) in [6.45, 7) is 3.88. The lowest BCUT2D eigenvalue weighted by atomic mass is 10.0. The van der Waals surface area contributed by atoms with Crippen molar-refractivity contribution in [2.45, 2.75) is 26.3 Å². The van der Waals surface area contributed by atoms with Crippen molar-refractivity contribution < 1.29 is 9.72 Å². The van der Waals surface area contributed by atoms with E-state index in [-0.39, 0.29) is 22.3 Å². The smallest absolute Gasteiger partial charge is 0.294 e. The van der Waals surface area contributed by atoms with E-state index in [1.807, 2.05) is 13.8 Å². The van der Waals surface area contributed by atoms with Crippen molar-refractivity contribution in [3.05, 3.63) is 33.3 Å². The summed E-state index contributed by atoms with van der Waals surface area (Å²) < 4.78 is 0. The number of carbonyl (C=O) groups excluding carboxylic acids is 1. The summed E-state index contributed by atoms with van der Waals surface area (Å²) in [5.74, 6) is -0.180. The lowest BCUT2D eigenvalue weighted by Gasteiger charge is -2.14. The van der Waals surface area contributed by atoms with E-state index in [0.29, 0.717) is 6.42 Å². The van der Waals surface area contributed by atoms with Crippen LogP contribution in [0.1, 0.15) is 20.3 Å². The minimum Gasteiger partial charge on any atom is -0.320 e. The third-order valence-corrected chi connectivity index (χ3v) is 2.71. The average molecular weight is 286 g/mol. The molecule has 0 aliphatic rings. The normalized spacial score (nSPS) is 12.3. The fourth-order valence-corrected chi connectivity index (χ4v) is 1.77. The molecule has 0 heterocycles. The zero-order valence-electron chi connectivity index (χ0n) is 10.7. The quantitative estimate of drug-likeness (QED) is 0.641. The molecule has 6 nitrogen and oxygen atoms in total. The molecule has 0 aromatic heterocycles. The predicted octanol–water partition coefficient (Wildman–Crippen LogP) is 2.56. The standard InChI is InChI=1S/C12H16ClN3O3/c1-7(2)5-9(14)12(17)15-10-4-3-8(13)6-11(10)16(18)19/h3-4,6-7,9H,5,14H2,1-2H3,(H,15,17)/t9-/m0/s1. The van der Waals surface area contributed by atoms with E-state index in [2.05, 4.69) is 5.32 Å². The number of rotatable bonds is 5. The van der Waals surface area contributed by atoms with Crippen LogP contribution in [0.4, 0.5) is 11.4 Å². The molecule has 1 rings (SSSR count). The molecule has 3 N–H and O–H groups in total. The molecule has 104 valence electrons. The first kappa shape index (κ1) is 15.4. The van der Waals surface area contributed by atoms with Crippen LogP contribution in [0, 0.1) is 16.0 Å². The highest BCUT2D eigenvalue weighted by molar-refractivity contribution is 6.31. The number of benzene rings is 1. The maximum Gasteiger partial charge on any atom is 0.294 e. The molecule has 0 saturated carbocycles. The van der Waals surface area contributed by atoms with E-state index >= 15 is 0 Å². The molecule has 0 bridgehead atoms. The summed E-state index contributed by atoms with van der Waals surface area (Å²) >= 11 is 5.69. The van der Waals surface area contributed by atoms with Gasteiger partial charge in [0.25, 0.3) is 5.69 Å². The first-order chi connectivity index (χ1) is 8.81. The lowest BCUT2D eigenvalue weighted by molar-refractivity contribution is -0.383. The van der Waals surface area contributed by atoms with E-state index < -0.39 is 16.9 Å². The van der Waals surface area contributed by atoms with Gasteiger partial charge in [-0.3, -0.25) is 14.9 Å². The van der Waals surface area contributed by atoms with Crippen LogP contribution in [0.3, 0.4) is 0 Å². The minimum absolute atomic E-state index is 0.0959. The molecular weight excluding hydrogens is 270 g/mol. The summed E-state index contributed by atoms with van der Waals surface area (Å²) in [4.78, 5) is 22.1. The molecule has 0 saturated heterocycles. The van der Waals surface area contributed by atoms with Crippen LogP contribution in [0.25, 0.3) is 0 Å². The summed E-state index contributed by atoms with van der Waals surface area (Å²) in [7, 11) is 0. The molecule has 0 aliphatic carbocycles. The SMILES string of the molecule is CC(C)C[C@H](N)C(=O)Nc1ccc(Cl)cc1[N+](=O)[O-]. The molecule has 0 spiro atoms. The molecular formula is C12H16ClN3O3. The summed E-state index contributed by atoms with van der Waals surface area (Å²) in [5, 5.41) is 13.6. The number of nitrogens with zero attached hydrogens (tertiary/aromatic N) is 1. The van der Waals surface area contributed by atoms with Gasteiger partial charge in [-0.05, 0) is 24.5 Å². The molecule has 1 aromatic carbocycles. The van der Waals surface area contributed by atoms with Crippen LogP contribution < -0.4 is 11.1 Å². The fourth-order valence-electron chi connectivity index (χ4n) is 1.60. The second-order valence-corrected chi connectivity index (χ2v) is 5.08. The Morgan fingerprint density at radius 1 is 1.53 bits per heavy atom. The van der Waals surface area contributed by atoms with Crippen molar-refractivity contribution in [1.29, 1.82) is 0 Å². The molecule has 0 unspecified atom stereocenters. The summed E-state index contributed by atoms with van der Waals surface area (Å²) in [6, 6.07) is 3.35. The zero-order chi connectivity index (χ0) is 14.6. The van der Waals surface area contributed by atoms with E-state index in [4.69, 9.17) is 17.3 Å². The monoisotopic (exact) mass is 285 g/mol. The van der Waals surface area contributed by atoms with Gasteiger partial charge in [-0.1, -0.05) is 25.4 Å². The molecule has 1 aromatic rings. The summed E-state index contributed by atoms with van der Waals surface area (Å²) in [5.41, 5.74) is 5.56. The third-order valence-electron chi connectivity index (χ3n) is 2.48. The Balaban J connectivity index is 2.87. The van der Waals surface area contributed by atoms with Gasteiger partial charge in [0.2, 0.25) is 5.91 Å². The van der Waals surface area contributed by atoms with Gasteiger partial charge < -0.3 is 11.1 Å². The second kappa shape index (κ2) is 6.49. The minimum atomic E-state index is -0.699. The summed E-state index contributed by atoms with van der Waals surface area (Å²) in [6.07, 6.45) is 0.507. The fraction of sp³-hybridized carbons (Fsp3) is 0.417. The van der Waals surface area contributed by atoms with E-state index in [9.17, 15) is 14.9 Å². The molecule has 7 heteroatoms. The van der Waals surface area contributed by atoms with Gasteiger partial charge in [0, 0.05) is 11.1 Å². The maximum atomic E-state index is 11.8. The second-order valence-electron chi connectivity index (χ2n) is 4.64.